The van der Waals surface area contributed by atoms with Gasteiger partial charge in [-0.25, -0.2) is 44.9 Å². The maximum absolute atomic E-state index is 4.58. The molecule has 1 aliphatic heterocycles. The second-order valence-electron chi connectivity index (χ2n) is 13.3. The molecule has 0 atom stereocenters. The summed E-state index contributed by atoms with van der Waals surface area (Å²) in [5.74, 6) is 0. The van der Waals surface area contributed by atoms with Crippen LogP contribution in [0.1, 0.15) is 6.42 Å². The Morgan fingerprint density at radius 3 is 0.907 bits per heavy atom. The first-order valence-electron chi connectivity index (χ1n) is 24.8. The highest BCUT2D eigenvalue weighted by Crippen LogP contribution is 1.91. The van der Waals surface area contributed by atoms with Crippen molar-refractivity contribution >= 4 is 17.6 Å². The highest BCUT2D eigenvalue weighted by Gasteiger charge is 1.73. The van der Waals surface area contributed by atoms with Crippen LogP contribution in [0.4, 0.5) is 0 Å². The van der Waals surface area contributed by atoms with Crippen molar-refractivity contribution in [3.05, 3.63) is 351 Å². The number of thiophene rings is 1. The molecule has 0 saturated heterocycles. The van der Waals surface area contributed by atoms with E-state index in [2.05, 4.69) is 128 Å². The Bertz CT molecular complexity index is 2260. The number of hydrogen-bond acceptors (Lipinski definition) is 23. The lowest BCUT2D eigenvalue weighted by molar-refractivity contribution is 0.557. The molecule has 16 heterocycles. The maximum Gasteiger partial charge on any atom is 0.180 e. The van der Waals surface area contributed by atoms with Gasteiger partial charge in [0.25, 0.3) is 0 Å². The second kappa shape index (κ2) is 68.6. The van der Waals surface area contributed by atoms with Crippen molar-refractivity contribution in [1.82, 2.24) is 105 Å². The Hall–Kier alpha value is -12.5. The molecule has 86 heavy (non-hydrogen) atoms. The molecule has 26 nitrogen and oxygen atoms in total. The van der Waals surface area contributed by atoms with Crippen molar-refractivity contribution in [3.63, 3.8) is 0 Å². The van der Waals surface area contributed by atoms with Gasteiger partial charge in [-0.2, -0.15) is 36.8 Å². The summed E-state index contributed by atoms with van der Waals surface area (Å²) in [6.45, 7) is 0. The van der Waals surface area contributed by atoms with Crippen molar-refractivity contribution in [2.45, 2.75) is 6.42 Å². The molecule has 440 valence electrons. The normalized spacial score (nSPS) is 8.56. The largest absolute Gasteiger partial charge is 0.473 e. The second-order valence-corrected chi connectivity index (χ2v) is 14.1. The van der Waals surface area contributed by atoms with Crippen molar-refractivity contribution in [3.8, 4) is 0 Å². The van der Waals surface area contributed by atoms with E-state index in [9.17, 15) is 0 Å². The van der Waals surface area contributed by atoms with E-state index >= 15 is 0 Å². The van der Waals surface area contributed by atoms with Gasteiger partial charge in [-0.3, -0.25) is 25.0 Å². The quantitative estimate of drug-likeness (QED) is 0.110. The number of oxazole rings is 3. The molecule has 0 amide bonds. The van der Waals surface area contributed by atoms with Gasteiger partial charge < -0.3 is 32.6 Å². The number of aromatic nitrogens is 21. The van der Waals surface area contributed by atoms with E-state index in [4.69, 9.17) is 0 Å². The standard InChI is InChI=1S/C5H5N.4C4H4N2.3C4H5N.C4H4O.C4H4S.C3H3N3.2C3H4N2.3C3H3NO/c1-2-4-6-5-3-1;1-2-6-4-3-5-1;1-2-5-4-6-3-1;2*1-2-4-6-5-3-1;5*1-2-4-5-3-1;1-4-2-6-3-5-1;1-2-5-3-4-1;1-2-4-5-3-1;3*1-2-5-3-4-1/h1-5H;4*1-4H;1,3-4H,2H2;2*1-5H;2*1-4H;1-3H;2*1-3H,(H,4,5);3*1-3H. The minimum Gasteiger partial charge on any atom is -0.473 e. The summed E-state index contributed by atoms with van der Waals surface area (Å²) in [5.41, 5.74) is 0. The number of aliphatic imine (C=N–C) groups is 1. The van der Waals surface area contributed by atoms with Crippen LogP contribution >= 0.6 is 11.3 Å². The molecule has 15 aromatic rings. The molecule has 0 bridgehead atoms. The third-order valence-electron chi connectivity index (χ3n) is 7.12. The van der Waals surface area contributed by atoms with Gasteiger partial charge in [0.1, 0.15) is 44.1 Å². The molecule has 0 saturated carbocycles. The van der Waals surface area contributed by atoms with E-state index in [1.54, 1.807) is 160 Å². The first-order chi connectivity index (χ1) is 43.0. The van der Waals surface area contributed by atoms with Crippen molar-refractivity contribution in [1.29, 1.82) is 0 Å². The molecular formula is C59H64N22O4S. The van der Waals surface area contributed by atoms with Gasteiger partial charge in [0.05, 0.1) is 37.4 Å². The molecule has 4 N–H and O–H groups in total. The third-order valence-corrected chi connectivity index (χ3v) is 7.75. The molecule has 0 unspecified atom stereocenters. The first kappa shape index (κ1) is 71.5. The Labute approximate surface area is 500 Å². The number of rotatable bonds is 0. The van der Waals surface area contributed by atoms with Crippen molar-refractivity contribution < 1.29 is 17.7 Å². The Morgan fingerprint density at radius 1 is 0.302 bits per heavy atom. The molecule has 0 fully saturated rings. The van der Waals surface area contributed by atoms with Gasteiger partial charge >= 0.3 is 0 Å². The molecule has 0 aliphatic carbocycles. The van der Waals surface area contributed by atoms with Crippen LogP contribution in [0.25, 0.3) is 0 Å². The van der Waals surface area contributed by atoms with E-state index in [0.717, 1.165) is 6.42 Å². The molecule has 0 aromatic carbocycles. The number of H-pyrrole nitrogens is 4. The number of furan rings is 1. The Morgan fingerprint density at radius 2 is 0.767 bits per heavy atom. The summed E-state index contributed by atoms with van der Waals surface area (Å²) in [6.07, 6.45) is 65.2. The van der Waals surface area contributed by atoms with Crippen molar-refractivity contribution in [2.24, 2.45) is 4.99 Å². The minimum atomic E-state index is 1.03. The SMILES string of the molecule is C1=CN=CC1.c1c[nH]cn1.c1cc[nH]c1.c1cc[nH]c1.c1ccncc1.c1ccnnc1.c1ccnnc1.c1ccoc1.c1ccsc1.c1cn[nH]c1.c1cnccn1.c1cncnc1.c1cocn1.c1cocn1.c1cocn1.c1ncncn1. The van der Waals surface area contributed by atoms with Gasteiger partial charge in [-0.05, 0) is 95.7 Å². The number of pyridine rings is 1. The lowest BCUT2D eigenvalue weighted by Crippen LogP contribution is -1.73. The molecule has 27 heteroatoms. The van der Waals surface area contributed by atoms with Crippen LogP contribution in [0.3, 0.4) is 0 Å². The van der Waals surface area contributed by atoms with Gasteiger partial charge in [0.15, 0.2) is 19.2 Å². The first-order valence-corrected chi connectivity index (χ1v) is 25.8. The highest BCUT2D eigenvalue weighted by atomic mass is 32.1. The van der Waals surface area contributed by atoms with E-state index < -0.39 is 0 Å². The van der Waals surface area contributed by atoms with Gasteiger partial charge in [0.2, 0.25) is 0 Å². The molecule has 15 aromatic heterocycles. The number of aromatic amines is 4. The van der Waals surface area contributed by atoms with Gasteiger partial charge in [-0.15, -0.1) is 0 Å². The lowest BCUT2D eigenvalue weighted by Gasteiger charge is -1.70. The van der Waals surface area contributed by atoms with Crippen molar-refractivity contribution in [2.75, 3.05) is 0 Å². The third kappa shape index (κ3) is 65.8. The van der Waals surface area contributed by atoms with Crippen LogP contribution < -0.4 is 0 Å². The van der Waals surface area contributed by atoms with Crippen LogP contribution in [0.2, 0.25) is 0 Å². The van der Waals surface area contributed by atoms with E-state index in [1.165, 1.54) is 63.3 Å². The average molecular weight is 1180 g/mol. The summed E-state index contributed by atoms with van der Waals surface area (Å²) < 4.78 is 18.0. The fraction of sp³-hybridized carbons (Fsp3) is 0.0169. The predicted octanol–water partition coefficient (Wildman–Crippen LogP) is 11.7. The zero-order valence-corrected chi connectivity index (χ0v) is 47.1. The highest BCUT2D eigenvalue weighted by molar-refractivity contribution is 7.07. The zero-order valence-electron chi connectivity index (χ0n) is 46.3. The Kier molecular flexibility index (Phi) is 57.0. The van der Waals surface area contributed by atoms with Crippen LogP contribution in [0.15, 0.2) is 373 Å². The lowest BCUT2D eigenvalue weighted by atomic mass is 10.5. The molecular weight excluding hydrogens is 1110 g/mol. The summed E-state index contributed by atoms with van der Waals surface area (Å²) in [7, 11) is 0. The van der Waals surface area contributed by atoms with E-state index in [-0.39, 0.29) is 0 Å². The van der Waals surface area contributed by atoms with E-state index in [0.29, 0.717) is 0 Å². The summed E-state index contributed by atoms with van der Waals surface area (Å²) >= 11 is 1.71. The smallest absolute Gasteiger partial charge is 0.180 e. The molecule has 1 aliphatic rings. The Balaban J connectivity index is 0.000000459. The van der Waals surface area contributed by atoms with Crippen LogP contribution in [-0.4, -0.2) is 112 Å². The molecule has 0 radical (unpaired) electrons. The van der Waals surface area contributed by atoms with Crippen LogP contribution in [0.5, 0.6) is 0 Å². The van der Waals surface area contributed by atoms with Gasteiger partial charge in [0, 0.05) is 143 Å². The van der Waals surface area contributed by atoms with Gasteiger partial charge in [-0.1, -0.05) is 24.3 Å². The van der Waals surface area contributed by atoms with Crippen LogP contribution in [0, 0.1) is 0 Å². The minimum absolute atomic E-state index is 1.03. The number of imidazole rings is 1. The molecule has 0 spiro atoms. The number of nitrogens with one attached hydrogen (secondary N) is 4. The zero-order chi connectivity index (χ0) is 60.8. The summed E-state index contributed by atoms with van der Waals surface area (Å²) in [6, 6.07) is 32.1. The monoisotopic (exact) mass is 1180 g/mol. The van der Waals surface area contributed by atoms with E-state index in [1.807, 2.05) is 145 Å². The predicted molar refractivity (Wildman–Crippen MR) is 326 cm³/mol. The maximum atomic E-state index is 4.58. The number of nitrogens with zero attached hydrogens (tertiary/aromatic N) is 18. The summed E-state index contributed by atoms with van der Waals surface area (Å²) in [4.78, 5) is 55.8. The number of hydrogen-bond donors (Lipinski definition) is 4. The van der Waals surface area contributed by atoms with Crippen LogP contribution in [-0.2, 0) is 0 Å². The fourth-order valence-corrected chi connectivity index (χ4v) is 4.26. The summed E-state index contributed by atoms with van der Waals surface area (Å²) in [5, 5.41) is 24.4. The topological polar surface area (TPSA) is 347 Å². The number of allylic oxidation sites excluding steroid dienone is 1. The average Bonchev–Trinajstić information content (AvgIpc) is 4.45. The fourth-order valence-electron chi connectivity index (χ4n) is 3.80. The molecule has 16 rings (SSSR count).